The molecule has 2 heterocycles. The molecule has 0 saturated carbocycles. The number of nitrogens with one attached hydrogen (secondary N) is 2. The molecule has 8 heteroatoms. The van der Waals surface area contributed by atoms with Crippen LogP contribution in [0.5, 0.6) is 5.75 Å². The average Bonchev–Trinajstić information content (AvgIpc) is 3.15. The fourth-order valence-corrected chi connectivity index (χ4v) is 3.77. The van der Waals surface area contributed by atoms with Crippen molar-refractivity contribution in [3.8, 4) is 5.75 Å². The molecule has 0 unspecified atom stereocenters. The van der Waals surface area contributed by atoms with Gasteiger partial charge in [0.05, 0.1) is 32.4 Å². The minimum absolute atomic E-state index is 0.0522. The molecule has 0 aliphatic carbocycles. The summed E-state index contributed by atoms with van der Waals surface area (Å²) in [6.45, 7) is 9.16. The Kier molecular flexibility index (Phi) is 6.54. The van der Waals surface area contributed by atoms with Gasteiger partial charge in [0.25, 0.3) is 0 Å². The third-order valence-corrected chi connectivity index (χ3v) is 5.28. The van der Waals surface area contributed by atoms with Crippen LogP contribution < -0.4 is 14.5 Å². The zero-order valence-corrected chi connectivity index (χ0v) is 15.9. The molecule has 0 bridgehead atoms. The summed E-state index contributed by atoms with van der Waals surface area (Å²) in [5, 5.41) is 12.5. The standard InChI is InChI=1S/C18H28N6O2/c1-4-22-9-11-23(12-10-22)17(15-7-5-6-8-16(15)26-3)18-19-20-21-24(18)13-14-25-2/h5-8,17H,4,9-14H2,1-3H3/p+2/t17-/m1/s1. The zero-order chi connectivity index (χ0) is 18.4. The van der Waals surface area contributed by atoms with E-state index in [1.54, 1.807) is 19.1 Å². The van der Waals surface area contributed by atoms with E-state index >= 15 is 0 Å². The number of tetrazole rings is 1. The molecule has 1 aliphatic rings. The number of ether oxygens (including phenoxy) is 2. The number of methoxy groups -OCH3 is 2. The Hall–Kier alpha value is -2.03. The molecule has 2 aromatic rings. The number of nitrogens with zero attached hydrogens (tertiary/aromatic N) is 4. The van der Waals surface area contributed by atoms with Crippen molar-refractivity contribution in [2.24, 2.45) is 0 Å². The second kappa shape index (κ2) is 9.07. The molecule has 2 N–H and O–H groups in total. The second-order valence-electron chi connectivity index (χ2n) is 6.69. The van der Waals surface area contributed by atoms with Crippen molar-refractivity contribution >= 4 is 0 Å². The van der Waals surface area contributed by atoms with E-state index in [2.05, 4.69) is 34.6 Å². The molecular formula is C18H30N6O2+2. The van der Waals surface area contributed by atoms with Crippen LogP contribution in [0.1, 0.15) is 24.4 Å². The van der Waals surface area contributed by atoms with Crippen LogP contribution in [0, 0.1) is 0 Å². The van der Waals surface area contributed by atoms with Gasteiger partial charge in [0.1, 0.15) is 31.9 Å². The average molecular weight is 362 g/mol. The summed E-state index contributed by atoms with van der Waals surface area (Å²) >= 11 is 0. The fourth-order valence-electron chi connectivity index (χ4n) is 3.77. The molecule has 0 amide bonds. The smallest absolute Gasteiger partial charge is 0.214 e. The molecule has 1 atom stereocenters. The summed E-state index contributed by atoms with van der Waals surface area (Å²) in [4.78, 5) is 3.15. The van der Waals surface area contributed by atoms with Gasteiger partial charge >= 0.3 is 0 Å². The summed E-state index contributed by atoms with van der Waals surface area (Å²) < 4.78 is 12.7. The lowest BCUT2D eigenvalue weighted by atomic mass is 10.0. The van der Waals surface area contributed by atoms with Crippen LogP contribution in [-0.4, -0.2) is 73.8 Å². The van der Waals surface area contributed by atoms with E-state index in [0.717, 1.165) is 43.3 Å². The van der Waals surface area contributed by atoms with Gasteiger partial charge in [-0.1, -0.05) is 12.1 Å². The Morgan fingerprint density at radius 1 is 1.15 bits per heavy atom. The van der Waals surface area contributed by atoms with E-state index < -0.39 is 0 Å². The monoisotopic (exact) mass is 362 g/mol. The van der Waals surface area contributed by atoms with Crippen molar-refractivity contribution in [3.05, 3.63) is 35.7 Å². The highest BCUT2D eigenvalue weighted by molar-refractivity contribution is 5.37. The van der Waals surface area contributed by atoms with Gasteiger partial charge in [0.15, 0.2) is 6.04 Å². The Labute approximate surface area is 154 Å². The van der Waals surface area contributed by atoms with Gasteiger partial charge < -0.3 is 19.3 Å². The van der Waals surface area contributed by atoms with Crippen LogP contribution in [0.2, 0.25) is 0 Å². The molecule has 26 heavy (non-hydrogen) atoms. The van der Waals surface area contributed by atoms with E-state index in [1.807, 2.05) is 16.8 Å². The molecule has 3 rings (SSSR count). The molecule has 142 valence electrons. The maximum absolute atomic E-state index is 5.66. The quantitative estimate of drug-likeness (QED) is 0.581. The highest BCUT2D eigenvalue weighted by Gasteiger charge is 2.36. The van der Waals surface area contributed by atoms with E-state index in [4.69, 9.17) is 9.47 Å². The van der Waals surface area contributed by atoms with Crippen molar-refractivity contribution in [2.45, 2.75) is 19.5 Å². The molecule has 0 radical (unpaired) electrons. The third-order valence-electron chi connectivity index (χ3n) is 5.28. The largest absolute Gasteiger partial charge is 0.496 e. The van der Waals surface area contributed by atoms with Gasteiger partial charge in [-0.25, -0.2) is 4.68 Å². The SMILES string of the molecule is CC[NH+]1CC[NH+]([C@H](c2ccccc2OC)c2nnnn2CCOC)CC1. The lowest BCUT2D eigenvalue weighted by Gasteiger charge is -2.34. The minimum Gasteiger partial charge on any atom is -0.496 e. The van der Waals surface area contributed by atoms with Crippen molar-refractivity contribution in [1.29, 1.82) is 0 Å². The van der Waals surface area contributed by atoms with Gasteiger partial charge in [-0.3, -0.25) is 0 Å². The first-order valence-corrected chi connectivity index (χ1v) is 9.34. The van der Waals surface area contributed by atoms with E-state index in [0.29, 0.717) is 13.2 Å². The summed E-state index contributed by atoms with van der Waals surface area (Å²) in [5.74, 6) is 1.76. The lowest BCUT2D eigenvalue weighted by Crippen LogP contribution is -3.28. The van der Waals surface area contributed by atoms with Gasteiger partial charge in [0.2, 0.25) is 5.82 Å². The number of quaternary nitrogens is 2. The maximum Gasteiger partial charge on any atom is 0.214 e. The first-order valence-electron chi connectivity index (χ1n) is 9.34. The number of piperazine rings is 1. The molecule has 1 fully saturated rings. The predicted molar refractivity (Wildman–Crippen MR) is 96.5 cm³/mol. The Morgan fingerprint density at radius 2 is 1.92 bits per heavy atom. The number of benzene rings is 1. The first kappa shape index (κ1) is 18.8. The van der Waals surface area contributed by atoms with Crippen LogP contribution in [0.15, 0.2) is 24.3 Å². The van der Waals surface area contributed by atoms with Crippen LogP contribution in [-0.2, 0) is 11.3 Å². The Balaban J connectivity index is 1.96. The van der Waals surface area contributed by atoms with Gasteiger partial charge in [-0.05, 0) is 29.5 Å². The van der Waals surface area contributed by atoms with Gasteiger partial charge in [-0.15, -0.1) is 5.10 Å². The van der Waals surface area contributed by atoms with E-state index in [9.17, 15) is 0 Å². The van der Waals surface area contributed by atoms with E-state index in [1.165, 1.54) is 11.4 Å². The summed E-state index contributed by atoms with van der Waals surface area (Å²) in [6, 6.07) is 8.25. The number of hydrogen-bond acceptors (Lipinski definition) is 5. The summed E-state index contributed by atoms with van der Waals surface area (Å²) in [5.41, 5.74) is 1.14. The normalized spacial score (nSPS) is 21.5. The number of aromatic nitrogens is 4. The summed E-state index contributed by atoms with van der Waals surface area (Å²) in [7, 11) is 3.41. The molecule has 1 saturated heterocycles. The first-order chi connectivity index (χ1) is 12.8. The topological polar surface area (TPSA) is 70.9 Å². The second-order valence-corrected chi connectivity index (χ2v) is 6.69. The number of likely N-dealkylation sites (N-methyl/N-ethyl adjacent to an activating group) is 1. The molecule has 8 nitrogen and oxygen atoms in total. The molecular weight excluding hydrogens is 332 g/mol. The number of rotatable bonds is 8. The zero-order valence-electron chi connectivity index (χ0n) is 15.9. The number of hydrogen-bond donors (Lipinski definition) is 2. The van der Waals surface area contributed by atoms with E-state index in [-0.39, 0.29) is 6.04 Å². The molecule has 1 aliphatic heterocycles. The van der Waals surface area contributed by atoms with Crippen molar-refractivity contribution < 1.29 is 19.3 Å². The van der Waals surface area contributed by atoms with Crippen LogP contribution in [0.25, 0.3) is 0 Å². The van der Waals surface area contributed by atoms with Crippen molar-refractivity contribution in [1.82, 2.24) is 20.2 Å². The highest BCUT2D eigenvalue weighted by atomic mass is 16.5. The van der Waals surface area contributed by atoms with Crippen LogP contribution >= 0.6 is 0 Å². The Bertz CT molecular complexity index is 684. The third kappa shape index (κ3) is 4.03. The lowest BCUT2D eigenvalue weighted by molar-refractivity contribution is -1.02. The predicted octanol–water partition coefficient (Wildman–Crippen LogP) is -1.78. The molecule has 1 aromatic heterocycles. The summed E-state index contributed by atoms with van der Waals surface area (Å²) in [6.07, 6.45) is 0. The van der Waals surface area contributed by atoms with Crippen LogP contribution in [0.4, 0.5) is 0 Å². The van der Waals surface area contributed by atoms with Crippen molar-refractivity contribution in [3.63, 3.8) is 0 Å². The minimum atomic E-state index is 0.0522. The molecule has 0 spiro atoms. The molecule has 1 aromatic carbocycles. The fraction of sp³-hybridized carbons (Fsp3) is 0.611. The van der Waals surface area contributed by atoms with Crippen LogP contribution in [0.3, 0.4) is 0 Å². The number of para-hydroxylation sites is 1. The van der Waals surface area contributed by atoms with Crippen molar-refractivity contribution in [2.75, 3.05) is 53.6 Å². The highest BCUT2D eigenvalue weighted by Crippen LogP contribution is 2.26. The van der Waals surface area contributed by atoms with Gasteiger partial charge in [-0.2, -0.15) is 0 Å². The maximum atomic E-state index is 5.66. The van der Waals surface area contributed by atoms with Gasteiger partial charge in [0, 0.05) is 7.11 Å². The Morgan fingerprint density at radius 3 is 2.62 bits per heavy atom.